The molecule has 10 heteroatoms. The molecule has 6 rings (SSSR count). The molecule has 0 unspecified atom stereocenters. The first kappa shape index (κ1) is 37.0. The van der Waals surface area contributed by atoms with Gasteiger partial charge in [-0.3, -0.25) is 19.2 Å². The van der Waals surface area contributed by atoms with Gasteiger partial charge in [0.25, 0.3) is 5.91 Å². The van der Waals surface area contributed by atoms with Crippen molar-refractivity contribution >= 4 is 28.7 Å². The van der Waals surface area contributed by atoms with Gasteiger partial charge in [0.15, 0.2) is 11.2 Å². The van der Waals surface area contributed by atoms with Crippen LogP contribution in [0.25, 0.3) is 11.0 Å². The van der Waals surface area contributed by atoms with E-state index in [2.05, 4.69) is 17.6 Å². The zero-order chi connectivity index (χ0) is 37.0. The zero-order valence-electron chi connectivity index (χ0n) is 30.0. The van der Waals surface area contributed by atoms with Crippen molar-refractivity contribution in [2.75, 3.05) is 6.54 Å². The molecule has 10 nitrogen and oxygen atoms in total. The Morgan fingerprint density at radius 1 is 0.923 bits per heavy atom. The number of nitrogens with one attached hydrogen (secondary N) is 2. The number of fused-ring (bicyclic) bond motifs is 1. The quantitative estimate of drug-likeness (QED) is 0.158. The second-order valence-corrected chi connectivity index (χ2v) is 15.0. The highest BCUT2D eigenvalue weighted by atomic mass is 16.3. The fourth-order valence-corrected chi connectivity index (χ4v) is 8.14. The lowest BCUT2D eigenvalue weighted by atomic mass is 9.74. The lowest BCUT2D eigenvalue weighted by molar-refractivity contribution is -0.142. The molecule has 0 spiro atoms. The number of carbonyl (C=O) groups is 3. The van der Waals surface area contributed by atoms with Gasteiger partial charge in [-0.2, -0.15) is 0 Å². The van der Waals surface area contributed by atoms with Crippen LogP contribution in [0.2, 0.25) is 0 Å². The van der Waals surface area contributed by atoms with Gasteiger partial charge in [0.1, 0.15) is 11.6 Å². The van der Waals surface area contributed by atoms with E-state index < -0.39 is 41.5 Å². The lowest BCUT2D eigenvalue weighted by Gasteiger charge is -2.36. The fourth-order valence-electron chi connectivity index (χ4n) is 8.14. The number of para-hydroxylation sites is 1. The van der Waals surface area contributed by atoms with Crippen LogP contribution in [0.1, 0.15) is 68.1 Å². The maximum Gasteiger partial charge on any atom is 0.287 e. The number of benzene rings is 3. The largest absolute Gasteiger partial charge is 0.451 e. The van der Waals surface area contributed by atoms with Gasteiger partial charge in [-0.15, -0.1) is 0 Å². The van der Waals surface area contributed by atoms with E-state index in [1.165, 1.54) is 0 Å². The Kier molecular flexibility index (Phi) is 11.3. The number of aliphatic hydroxyl groups excluding tert-OH is 2. The predicted molar refractivity (Wildman–Crippen MR) is 198 cm³/mol. The van der Waals surface area contributed by atoms with Crippen LogP contribution in [0.3, 0.4) is 0 Å². The number of carbonyl (C=O) groups excluding carboxylic acids is 3. The van der Waals surface area contributed by atoms with Crippen LogP contribution in [0, 0.1) is 17.3 Å². The van der Waals surface area contributed by atoms with E-state index in [-0.39, 0.29) is 53.4 Å². The van der Waals surface area contributed by atoms with Crippen molar-refractivity contribution in [3.8, 4) is 0 Å². The van der Waals surface area contributed by atoms with E-state index in [1.807, 2.05) is 65.6 Å². The number of nitrogens with zero attached hydrogens (tertiary/aromatic N) is 1. The molecule has 52 heavy (non-hydrogen) atoms. The van der Waals surface area contributed by atoms with Gasteiger partial charge in [-0.05, 0) is 73.6 Å². The number of rotatable bonds is 13. The van der Waals surface area contributed by atoms with E-state index >= 15 is 0 Å². The zero-order valence-corrected chi connectivity index (χ0v) is 30.0. The minimum absolute atomic E-state index is 0.0813. The summed E-state index contributed by atoms with van der Waals surface area (Å²) in [6, 6.07) is 24.9. The molecule has 3 aromatic carbocycles. The van der Waals surface area contributed by atoms with E-state index in [1.54, 1.807) is 38.1 Å². The average Bonchev–Trinajstić information content (AvgIpc) is 3.62. The van der Waals surface area contributed by atoms with E-state index in [0.29, 0.717) is 31.2 Å². The van der Waals surface area contributed by atoms with Gasteiger partial charge in [0.2, 0.25) is 11.8 Å². The molecule has 1 aliphatic carbocycles. The van der Waals surface area contributed by atoms with Crippen LogP contribution in [0.5, 0.6) is 0 Å². The molecular formula is C42H49N3O7. The molecule has 1 saturated heterocycles. The highest BCUT2D eigenvalue weighted by Crippen LogP contribution is 2.44. The van der Waals surface area contributed by atoms with Crippen molar-refractivity contribution < 1.29 is 29.0 Å². The molecule has 2 fully saturated rings. The first-order valence-corrected chi connectivity index (χ1v) is 18.3. The summed E-state index contributed by atoms with van der Waals surface area (Å²) in [6.07, 6.45) is 1.05. The summed E-state index contributed by atoms with van der Waals surface area (Å²) < 4.78 is 5.73. The van der Waals surface area contributed by atoms with Crippen LogP contribution in [0.4, 0.5) is 0 Å². The third-order valence-corrected chi connectivity index (χ3v) is 11.0. The molecule has 1 aliphatic heterocycles. The Labute approximate surface area is 304 Å². The molecule has 274 valence electrons. The second-order valence-electron chi connectivity index (χ2n) is 15.0. The summed E-state index contributed by atoms with van der Waals surface area (Å²) in [6.45, 7) is 6.14. The van der Waals surface area contributed by atoms with Crippen LogP contribution >= 0.6 is 0 Å². The maximum absolute atomic E-state index is 14.5. The van der Waals surface area contributed by atoms with Gasteiger partial charge in [-0.25, -0.2) is 0 Å². The van der Waals surface area contributed by atoms with E-state index in [0.717, 1.165) is 23.6 Å². The topological polar surface area (TPSA) is 149 Å². The summed E-state index contributed by atoms with van der Waals surface area (Å²) in [5.74, 6) is -1.71. The van der Waals surface area contributed by atoms with Crippen LogP contribution < -0.4 is 16.1 Å². The minimum Gasteiger partial charge on any atom is -0.451 e. The number of hydrogen-bond donors (Lipinski definition) is 4. The average molecular weight is 708 g/mol. The highest BCUT2D eigenvalue weighted by molar-refractivity contribution is 5.96. The van der Waals surface area contributed by atoms with Gasteiger partial charge in [-0.1, -0.05) is 93.6 Å². The molecule has 7 atom stereocenters. The van der Waals surface area contributed by atoms with Crippen LogP contribution in [-0.2, 0) is 22.4 Å². The number of aliphatic hydroxyl groups is 2. The Morgan fingerprint density at radius 3 is 2.23 bits per heavy atom. The third kappa shape index (κ3) is 7.98. The molecule has 1 aromatic heterocycles. The van der Waals surface area contributed by atoms with Gasteiger partial charge >= 0.3 is 0 Å². The predicted octanol–water partition coefficient (Wildman–Crippen LogP) is 4.65. The first-order chi connectivity index (χ1) is 25.0. The van der Waals surface area contributed by atoms with Crippen molar-refractivity contribution in [1.29, 1.82) is 0 Å². The monoisotopic (exact) mass is 707 g/mol. The smallest absolute Gasteiger partial charge is 0.287 e. The summed E-state index contributed by atoms with van der Waals surface area (Å²) in [5.41, 5.74) is 0.788. The Bertz CT molecular complexity index is 1920. The first-order valence-electron chi connectivity index (χ1n) is 18.3. The summed E-state index contributed by atoms with van der Waals surface area (Å²) in [7, 11) is 0. The third-order valence-electron chi connectivity index (χ3n) is 11.0. The summed E-state index contributed by atoms with van der Waals surface area (Å²) in [4.78, 5) is 56.6. The van der Waals surface area contributed by atoms with Crippen LogP contribution in [-0.4, -0.2) is 69.7 Å². The number of amides is 3. The maximum atomic E-state index is 14.5. The van der Waals surface area contributed by atoms with E-state index in [9.17, 15) is 29.4 Å². The molecule has 3 amide bonds. The molecular weight excluding hydrogens is 658 g/mol. The van der Waals surface area contributed by atoms with Gasteiger partial charge < -0.3 is 30.2 Å². The molecule has 4 aromatic rings. The van der Waals surface area contributed by atoms with E-state index in [4.69, 9.17) is 4.42 Å². The van der Waals surface area contributed by atoms with Crippen molar-refractivity contribution in [3.05, 3.63) is 118 Å². The summed E-state index contributed by atoms with van der Waals surface area (Å²) in [5, 5.41) is 29.1. The molecule has 2 aliphatic rings. The number of likely N-dealkylation sites (tertiary alicyclic amines) is 1. The van der Waals surface area contributed by atoms with Crippen LogP contribution in [0.15, 0.2) is 100 Å². The van der Waals surface area contributed by atoms with Gasteiger partial charge in [0.05, 0.1) is 35.1 Å². The highest BCUT2D eigenvalue weighted by Gasteiger charge is 2.53. The Hall–Kier alpha value is -4.80. The Morgan fingerprint density at radius 2 is 1.58 bits per heavy atom. The fraction of sp³-hybridized carbons (Fsp3) is 0.429. The second kappa shape index (κ2) is 15.8. The van der Waals surface area contributed by atoms with Crippen molar-refractivity contribution in [2.45, 2.75) is 89.6 Å². The molecule has 0 bridgehead atoms. The molecule has 2 heterocycles. The van der Waals surface area contributed by atoms with Gasteiger partial charge in [0, 0.05) is 12.6 Å². The summed E-state index contributed by atoms with van der Waals surface area (Å²) >= 11 is 0. The Balaban J connectivity index is 1.26. The standard InChI is InChI=1S/C42H49N3O7/c1-26(2)37(44-39(49)36-23-33(47)30-16-10-11-17-35(30)52-36)40(50)43-31(22-28-12-6-4-7-13-28)34(48)25-42(24-29-14-8-5-9-15-29)20-21-45(41(42)51)38-27(3)18-19-32(38)46/h4-17,23,26-27,31-32,34,37-38,46,48H,18-22,24-25H2,1-3H3,(H,43,50)(H,44,49)/t27-,31+,32-,34+,37+,38+,42-/m1/s1. The minimum atomic E-state index is -1.13. The molecule has 1 saturated carbocycles. The SMILES string of the molecule is CC(C)[C@H](NC(=O)c1cc(=O)c2ccccc2o1)C(=O)N[C@@H](Cc1ccccc1)[C@@H](O)C[C@]1(Cc2ccccc2)CCN([C@H]2[C@H](C)CC[C@H]2O)C1=O. The lowest BCUT2D eigenvalue weighted by Crippen LogP contribution is -2.56. The van der Waals surface area contributed by atoms with Crippen molar-refractivity contribution in [2.24, 2.45) is 17.3 Å². The normalized spacial score (nSPS) is 23.5. The van der Waals surface area contributed by atoms with Crippen molar-refractivity contribution in [1.82, 2.24) is 15.5 Å². The molecule has 0 radical (unpaired) electrons. The van der Waals surface area contributed by atoms with Crippen molar-refractivity contribution in [3.63, 3.8) is 0 Å². The number of hydrogen-bond acceptors (Lipinski definition) is 7. The molecule has 4 N–H and O–H groups in total.